The Morgan fingerprint density at radius 1 is 1.30 bits per heavy atom. The van der Waals surface area contributed by atoms with Gasteiger partial charge in [-0.2, -0.15) is 10.4 Å². The summed E-state index contributed by atoms with van der Waals surface area (Å²) in [5.41, 5.74) is 6.57. The van der Waals surface area contributed by atoms with E-state index in [1.165, 1.54) is 0 Å². The first-order valence-electron chi connectivity index (χ1n) is 6.89. The van der Waals surface area contributed by atoms with Crippen LogP contribution in [-0.2, 0) is 4.74 Å². The summed E-state index contributed by atoms with van der Waals surface area (Å²) in [7, 11) is 0. The third-order valence-electron chi connectivity index (χ3n) is 2.70. The number of nitrogens with zero attached hydrogens (tertiary/aromatic N) is 2. The van der Waals surface area contributed by atoms with Crippen LogP contribution >= 0.6 is 0 Å². The summed E-state index contributed by atoms with van der Waals surface area (Å²) in [6, 6.07) is 8.84. The highest BCUT2D eigenvalue weighted by molar-refractivity contribution is 5.85. The molecule has 23 heavy (non-hydrogen) atoms. The maximum absolute atomic E-state index is 11.7. The number of carbonyl (C=O) groups is 1. The van der Waals surface area contributed by atoms with Crippen molar-refractivity contribution in [3.05, 3.63) is 29.8 Å². The molecule has 0 aliphatic heterocycles. The second-order valence-electron chi connectivity index (χ2n) is 5.80. The van der Waals surface area contributed by atoms with Crippen molar-refractivity contribution in [2.75, 3.05) is 16.4 Å². The molecule has 0 atom stereocenters. The van der Waals surface area contributed by atoms with Crippen LogP contribution in [0.4, 0.5) is 27.8 Å². The van der Waals surface area contributed by atoms with Crippen molar-refractivity contribution < 1.29 is 9.53 Å². The van der Waals surface area contributed by atoms with E-state index < -0.39 is 11.7 Å². The SMILES string of the molecule is CC(C)(C)OC(=O)Nc1ccc(Nc2n[nH]c(N)c2C#N)cc1. The molecular weight excluding hydrogens is 296 g/mol. The van der Waals surface area contributed by atoms with Gasteiger partial charge in [0.2, 0.25) is 0 Å². The minimum atomic E-state index is -0.556. The van der Waals surface area contributed by atoms with Gasteiger partial charge < -0.3 is 15.8 Å². The number of nitriles is 1. The quantitative estimate of drug-likeness (QED) is 0.689. The van der Waals surface area contributed by atoms with E-state index in [9.17, 15) is 4.79 Å². The number of hydrogen-bond acceptors (Lipinski definition) is 6. The number of aromatic amines is 1. The van der Waals surface area contributed by atoms with Crippen molar-refractivity contribution in [1.82, 2.24) is 10.2 Å². The lowest BCUT2D eigenvalue weighted by molar-refractivity contribution is 0.0636. The number of benzene rings is 1. The molecule has 0 saturated heterocycles. The third kappa shape index (κ3) is 4.38. The Hall–Kier alpha value is -3.21. The summed E-state index contributed by atoms with van der Waals surface area (Å²) >= 11 is 0. The lowest BCUT2D eigenvalue weighted by atomic mass is 10.2. The lowest BCUT2D eigenvalue weighted by Crippen LogP contribution is -2.27. The highest BCUT2D eigenvalue weighted by atomic mass is 16.6. The fourth-order valence-electron chi connectivity index (χ4n) is 1.75. The van der Waals surface area contributed by atoms with Crippen molar-refractivity contribution in [1.29, 1.82) is 5.26 Å². The summed E-state index contributed by atoms with van der Waals surface area (Å²) in [5, 5.41) is 21.1. The third-order valence-corrected chi connectivity index (χ3v) is 2.70. The number of aromatic nitrogens is 2. The monoisotopic (exact) mass is 314 g/mol. The minimum absolute atomic E-state index is 0.207. The van der Waals surface area contributed by atoms with Crippen LogP contribution in [0.3, 0.4) is 0 Å². The Balaban J connectivity index is 2.02. The number of nitrogens with two attached hydrogens (primary N) is 1. The van der Waals surface area contributed by atoms with Crippen LogP contribution in [0.25, 0.3) is 0 Å². The molecule has 0 saturated carbocycles. The van der Waals surface area contributed by atoms with Crippen LogP contribution in [0.5, 0.6) is 0 Å². The van der Waals surface area contributed by atoms with Crippen LogP contribution in [0.15, 0.2) is 24.3 Å². The molecule has 1 aromatic carbocycles. The smallest absolute Gasteiger partial charge is 0.412 e. The van der Waals surface area contributed by atoms with Gasteiger partial charge in [-0.05, 0) is 45.0 Å². The molecule has 8 heteroatoms. The second kappa shape index (κ2) is 6.27. The largest absolute Gasteiger partial charge is 0.444 e. The fourth-order valence-corrected chi connectivity index (χ4v) is 1.75. The second-order valence-corrected chi connectivity index (χ2v) is 5.80. The number of nitrogen functional groups attached to an aromatic ring is 1. The molecule has 0 aliphatic carbocycles. The van der Waals surface area contributed by atoms with Gasteiger partial charge in [0.05, 0.1) is 0 Å². The molecule has 1 heterocycles. The molecule has 5 N–H and O–H groups in total. The van der Waals surface area contributed by atoms with Gasteiger partial charge >= 0.3 is 6.09 Å². The van der Waals surface area contributed by atoms with E-state index in [1.807, 2.05) is 6.07 Å². The van der Waals surface area contributed by atoms with Gasteiger partial charge in [-0.25, -0.2) is 4.79 Å². The first-order valence-corrected chi connectivity index (χ1v) is 6.89. The van der Waals surface area contributed by atoms with Crippen LogP contribution in [0, 0.1) is 11.3 Å². The zero-order valence-electron chi connectivity index (χ0n) is 13.1. The van der Waals surface area contributed by atoms with Crippen molar-refractivity contribution in [3.8, 4) is 6.07 Å². The normalized spacial score (nSPS) is 10.7. The number of anilines is 4. The number of ether oxygens (including phenoxy) is 1. The molecule has 0 spiro atoms. The molecule has 2 rings (SSSR count). The predicted octanol–water partition coefficient (Wildman–Crippen LogP) is 2.95. The molecule has 2 aromatic rings. The summed E-state index contributed by atoms with van der Waals surface area (Å²) in [6.07, 6.45) is -0.523. The Labute approximate surface area is 133 Å². The molecule has 1 aromatic heterocycles. The van der Waals surface area contributed by atoms with E-state index in [0.717, 1.165) is 0 Å². The Kier molecular flexibility index (Phi) is 4.41. The van der Waals surface area contributed by atoms with Crippen LogP contribution < -0.4 is 16.4 Å². The number of carbonyl (C=O) groups excluding carboxylic acids is 1. The Bertz CT molecular complexity index is 737. The maximum atomic E-state index is 11.7. The Morgan fingerprint density at radius 2 is 1.91 bits per heavy atom. The average molecular weight is 314 g/mol. The molecule has 0 fully saturated rings. The van der Waals surface area contributed by atoms with Crippen molar-refractivity contribution >= 4 is 29.1 Å². The van der Waals surface area contributed by atoms with E-state index >= 15 is 0 Å². The van der Waals surface area contributed by atoms with Crippen molar-refractivity contribution in [2.24, 2.45) is 0 Å². The lowest BCUT2D eigenvalue weighted by Gasteiger charge is -2.19. The van der Waals surface area contributed by atoms with Gasteiger partial charge in [-0.3, -0.25) is 10.4 Å². The van der Waals surface area contributed by atoms with Gasteiger partial charge in [0.1, 0.15) is 23.1 Å². The first-order chi connectivity index (χ1) is 10.8. The summed E-state index contributed by atoms with van der Waals surface area (Å²) in [6.45, 7) is 5.38. The number of nitrogens with one attached hydrogen (secondary N) is 3. The van der Waals surface area contributed by atoms with E-state index in [1.54, 1.807) is 45.0 Å². The molecule has 0 aliphatic rings. The van der Waals surface area contributed by atoms with Crippen molar-refractivity contribution in [2.45, 2.75) is 26.4 Å². The fraction of sp³-hybridized carbons (Fsp3) is 0.267. The summed E-state index contributed by atoms with van der Waals surface area (Å²) < 4.78 is 5.17. The zero-order valence-corrected chi connectivity index (χ0v) is 13.1. The standard InChI is InChI=1S/C15H18N6O2/c1-15(2,3)23-14(22)19-10-6-4-9(5-7-10)18-13-11(8-16)12(17)20-21-13/h4-7H,1-3H3,(H,19,22)(H4,17,18,20,21). The van der Waals surface area contributed by atoms with Crippen LogP contribution in [0.2, 0.25) is 0 Å². The number of hydrogen-bond donors (Lipinski definition) is 4. The van der Waals surface area contributed by atoms with E-state index in [0.29, 0.717) is 17.2 Å². The molecule has 0 unspecified atom stereocenters. The summed E-state index contributed by atoms with van der Waals surface area (Å²) in [5.74, 6) is 0.552. The molecule has 1 amide bonds. The van der Waals surface area contributed by atoms with Gasteiger partial charge in [0, 0.05) is 11.4 Å². The van der Waals surface area contributed by atoms with Gasteiger partial charge in [-0.1, -0.05) is 0 Å². The molecule has 0 radical (unpaired) electrons. The van der Waals surface area contributed by atoms with E-state index in [2.05, 4.69) is 20.8 Å². The summed E-state index contributed by atoms with van der Waals surface area (Å²) in [4.78, 5) is 11.7. The van der Waals surface area contributed by atoms with Crippen LogP contribution in [0.1, 0.15) is 26.3 Å². The predicted molar refractivity (Wildman–Crippen MR) is 87.3 cm³/mol. The zero-order chi connectivity index (χ0) is 17.0. The van der Waals surface area contributed by atoms with Gasteiger partial charge in [-0.15, -0.1) is 0 Å². The highest BCUT2D eigenvalue weighted by Crippen LogP contribution is 2.23. The van der Waals surface area contributed by atoms with Gasteiger partial charge in [0.15, 0.2) is 5.82 Å². The van der Waals surface area contributed by atoms with E-state index in [4.69, 9.17) is 15.7 Å². The topological polar surface area (TPSA) is 129 Å². The molecule has 8 nitrogen and oxygen atoms in total. The molecule has 0 bridgehead atoms. The van der Waals surface area contributed by atoms with Crippen LogP contribution in [-0.4, -0.2) is 21.9 Å². The maximum Gasteiger partial charge on any atom is 0.412 e. The van der Waals surface area contributed by atoms with Gasteiger partial charge in [0.25, 0.3) is 0 Å². The first kappa shape index (κ1) is 16.2. The highest BCUT2D eigenvalue weighted by Gasteiger charge is 2.16. The number of rotatable bonds is 3. The number of H-pyrrole nitrogens is 1. The molecule has 120 valence electrons. The van der Waals surface area contributed by atoms with E-state index in [-0.39, 0.29) is 11.4 Å². The molecular formula is C15H18N6O2. The van der Waals surface area contributed by atoms with Crippen molar-refractivity contribution in [3.63, 3.8) is 0 Å². The Morgan fingerprint density at radius 3 is 2.48 bits per heavy atom. The number of amides is 1. The average Bonchev–Trinajstić information content (AvgIpc) is 2.79. The minimum Gasteiger partial charge on any atom is -0.444 e.